The molecule has 1 aromatic carbocycles. The van der Waals surface area contributed by atoms with Crippen LogP contribution in [0.2, 0.25) is 0 Å². The first-order valence-corrected chi connectivity index (χ1v) is 11.5. The predicted molar refractivity (Wildman–Crippen MR) is 119 cm³/mol. The molecule has 2 N–H and O–H groups in total. The fourth-order valence-electron chi connectivity index (χ4n) is 4.71. The van der Waals surface area contributed by atoms with Crippen LogP contribution in [-0.4, -0.2) is 29.8 Å². The van der Waals surface area contributed by atoms with Crippen molar-refractivity contribution in [3.8, 4) is 0 Å². The van der Waals surface area contributed by atoms with Crippen molar-refractivity contribution in [2.24, 2.45) is 29.4 Å². The maximum Gasteiger partial charge on any atom is 0.226 e. The summed E-state index contributed by atoms with van der Waals surface area (Å²) in [6.07, 6.45) is 8.03. The molecule has 1 fully saturated rings. The van der Waals surface area contributed by atoms with Crippen molar-refractivity contribution >= 4 is 11.8 Å². The van der Waals surface area contributed by atoms with E-state index in [2.05, 4.69) is 44.2 Å². The van der Waals surface area contributed by atoms with Gasteiger partial charge < -0.3 is 10.6 Å². The van der Waals surface area contributed by atoms with Crippen molar-refractivity contribution in [2.75, 3.05) is 13.1 Å². The minimum Gasteiger partial charge on any atom is -0.369 e. The molecule has 0 bridgehead atoms. The minimum absolute atomic E-state index is 0.152. The number of carbonyl (C=O) groups is 2. The molecular weight excluding hydrogens is 360 g/mol. The quantitative estimate of drug-likeness (QED) is 0.579. The van der Waals surface area contributed by atoms with Gasteiger partial charge in [-0.25, -0.2) is 0 Å². The van der Waals surface area contributed by atoms with Crippen molar-refractivity contribution in [3.05, 3.63) is 35.9 Å². The molecule has 2 atom stereocenters. The molecule has 1 aliphatic rings. The second-order valence-electron chi connectivity index (χ2n) is 9.18. The van der Waals surface area contributed by atoms with Gasteiger partial charge in [-0.3, -0.25) is 9.59 Å². The van der Waals surface area contributed by atoms with Crippen molar-refractivity contribution in [1.29, 1.82) is 0 Å². The molecule has 0 radical (unpaired) electrons. The van der Waals surface area contributed by atoms with Crippen LogP contribution in [-0.2, 0) is 16.0 Å². The number of carbonyl (C=O) groups excluding carboxylic acids is 2. The summed E-state index contributed by atoms with van der Waals surface area (Å²) in [5, 5.41) is 0. The van der Waals surface area contributed by atoms with Crippen LogP contribution in [0.1, 0.15) is 71.3 Å². The van der Waals surface area contributed by atoms with Crippen molar-refractivity contribution in [3.63, 3.8) is 0 Å². The number of rotatable bonds is 11. The fourth-order valence-corrected chi connectivity index (χ4v) is 4.71. The molecule has 162 valence electrons. The molecule has 1 aromatic rings. The first-order valence-electron chi connectivity index (χ1n) is 11.5. The Balaban J connectivity index is 1.86. The summed E-state index contributed by atoms with van der Waals surface area (Å²) >= 11 is 0. The van der Waals surface area contributed by atoms with E-state index in [1.807, 2.05) is 11.8 Å². The number of hydrogen-bond acceptors (Lipinski definition) is 2. The van der Waals surface area contributed by atoms with Crippen molar-refractivity contribution in [2.45, 2.75) is 72.1 Å². The predicted octanol–water partition coefficient (Wildman–Crippen LogP) is 4.81. The zero-order valence-electron chi connectivity index (χ0n) is 18.6. The first kappa shape index (κ1) is 23.4. The van der Waals surface area contributed by atoms with E-state index >= 15 is 0 Å². The van der Waals surface area contributed by atoms with Crippen LogP contribution in [0.5, 0.6) is 0 Å². The van der Waals surface area contributed by atoms with E-state index in [0.29, 0.717) is 18.3 Å². The highest BCUT2D eigenvalue weighted by molar-refractivity contribution is 5.87. The van der Waals surface area contributed by atoms with Crippen LogP contribution < -0.4 is 5.73 Å². The molecule has 2 amide bonds. The lowest BCUT2D eigenvalue weighted by Gasteiger charge is -2.36. The van der Waals surface area contributed by atoms with E-state index in [0.717, 1.165) is 45.2 Å². The number of nitrogens with zero attached hydrogens (tertiary/aromatic N) is 1. The summed E-state index contributed by atoms with van der Waals surface area (Å²) in [5.74, 6) is 0.313. The highest BCUT2D eigenvalue weighted by atomic mass is 16.2. The van der Waals surface area contributed by atoms with Crippen molar-refractivity contribution < 1.29 is 9.59 Å². The van der Waals surface area contributed by atoms with Gasteiger partial charge in [-0.1, -0.05) is 57.5 Å². The van der Waals surface area contributed by atoms with E-state index in [9.17, 15) is 9.59 Å². The fraction of sp³-hybridized carbons (Fsp3) is 0.680. The molecular formula is C25H40N2O2. The number of benzene rings is 1. The third-order valence-corrected chi connectivity index (χ3v) is 6.34. The molecule has 0 aromatic heterocycles. The van der Waals surface area contributed by atoms with Gasteiger partial charge in [0.25, 0.3) is 0 Å². The SMILES string of the molecule is CCC[C@H](C(N)=O)[C@@H](CC(C)C)C(=O)N1CCC(CCCc2ccccc2)CC1. The van der Waals surface area contributed by atoms with Gasteiger partial charge in [0.1, 0.15) is 0 Å². The highest BCUT2D eigenvalue weighted by Crippen LogP contribution is 2.30. The summed E-state index contributed by atoms with van der Waals surface area (Å²) in [4.78, 5) is 27.3. The van der Waals surface area contributed by atoms with Crippen LogP contribution in [0.15, 0.2) is 30.3 Å². The minimum atomic E-state index is -0.335. The van der Waals surface area contributed by atoms with Crippen LogP contribution in [0.3, 0.4) is 0 Å². The summed E-state index contributed by atoms with van der Waals surface area (Å²) in [6.45, 7) is 7.92. The standard InChI is InChI=1S/C25H40N2O2/c1-4-9-22(24(26)28)23(18-19(2)3)25(29)27-16-14-21(15-17-27)13-8-12-20-10-6-5-7-11-20/h5-7,10-11,19,21-23H,4,8-9,12-18H2,1-3H3,(H2,26,28)/t22-,23+/m0/s1. The van der Waals surface area contributed by atoms with E-state index < -0.39 is 0 Å². The van der Waals surface area contributed by atoms with Crippen LogP contribution in [0.4, 0.5) is 0 Å². The Morgan fingerprint density at radius 2 is 1.76 bits per heavy atom. The molecule has 1 aliphatic heterocycles. The summed E-state index contributed by atoms with van der Waals surface area (Å²) in [5.41, 5.74) is 7.09. The van der Waals surface area contributed by atoms with Gasteiger partial charge >= 0.3 is 0 Å². The van der Waals surface area contributed by atoms with Crippen LogP contribution in [0, 0.1) is 23.7 Å². The number of primary amides is 1. The monoisotopic (exact) mass is 400 g/mol. The Kier molecular flexibility index (Phi) is 9.69. The normalized spacial score (nSPS) is 17.3. The molecule has 29 heavy (non-hydrogen) atoms. The Morgan fingerprint density at radius 1 is 1.10 bits per heavy atom. The summed E-state index contributed by atoms with van der Waals surface area (Å²) in [7, 11) is 0. The largest absolute Gasteiger partial charge is 0.369 e. The molecule has 1 heterocycles. The third kappa shape index (κ3) is 7.49. The molecule has 0 unspecified atom stereocenters. The second-order valence-corrected chi connectivity index (χ2v) is 9.18. The molecule has 4 nitrogen and oxygen atoms in total. The molecule has 1 saturated heterocycles. The number of aryl methyl sites for hydroxylation is 1. The summed E-state index contributed by atoms with van der Waals surface area (Å²) in [6, 6.07) is 10.7. The number of likely N-dealkylation sites (tertiary alicyclic amines) is 1. The zero-order valence-corrected chi connectivity index (χ0v) is 18.6. The highest BCUT2D eigenvalue weighted by Gasteiger charge is 2.36. The Morgan fingerprint density at radius 3 is 2.31 bits per heavy atom. The lowest BCUT2D eigenvalue weighted by atomic mass is 9.80. The Bertz CT molecular complexity index is 621. The molecule has 2 rings (SSSR count). The maximum atomic E-state index is 13.3. The molecule has 0 aliphatic carbocycles. The second kappa shape index (κ2) is 12.0. The van der Waals surface area contributed by atoms with Gasteiger partial charge in [-0.05, 0) is 62.3 Å². The average Bonchev–Trinajstić information content (AvgIpc) is 2.71. The van der Waals surface area contributed by atoms with E-state index in [4.69, 9.17) is 5.73 Å². The zero-order chi connectivity index (χ0) is 21.2. The van der Waals surface area contributed by atoms with E-state index in [1.165, 1.54) is 18.4 Å². The third-order valence-electron chi connectivity index (χ3n) is 6.34. The topological polar surface area (TPSA) is 63.4 Å². The van der Waals surface area contributed by atoms with E-state index in [1.54, 1.807) is 0 Å². The van der Waals surface area contributed by atoms with Gasteiger partial charge in [-0.2, -0.15) is 0 Å². The van der Waals surface area contributed by atoms with Crippen LogP contribution >= 0.6 is 0 Å². The number of nitrogens with two attached hydrogens (primary N) is 1. The average molecular weight is 401 g/mol. The maximum absolute atomic E-state index is 13.3. The summed E-state index contributed by atoms with van der Waals surface area (Å²) < 4.78 is 0. The molecule has 0 saturated carbocycles. The van der Waals surface area contributed by atoms with Gasteiger partial charge in [0, 0.05) is 24.9 Å². The molecule has 4 heteroatoms. The molecule has 0 spiro atoms. The number of hydrogen-bond donors (Lipinski definition) is 1. The van der Waals surface area contributed by atoms with Gasteiger partial charge in [0.15, 0.2) is 0 Å². The lowest BCUT2D eigenvalue weighted by Crippen LogP contribution is -2.46. The van der Waals surface area contributed by atoms with Gasteiger partial charge in [0.05, 0.1) is 0 Å². The number of piperidine rings is 1. The number of amides is 2. The lowest BCUT2D eigenvalue weighted by molar-refractivity contribution is -0.143. The van der Waals surface area contributed by atoms with Crippen molar-refractivity contribution in [1.82, 2.24) is 4.90 Å². The Labute approximate surface area is 177 Å². The van der Waals surface area contributed by atoms with Gasteiger partial charge in [-0.15, -0.1) is 0 Å². The smallest absolute Gasteiger partial charge is 0.226 e. The van der Waals surface area contributed by atoms with Crippen LogP contribution in [0.25, 0.3) is 0 Å². The first-order chi connectivity index (χ1) is 13.9. The van der Waals surface area contributed by atoms with Gasteiger partial charge in [0.2, 0.25) is 11.8 Å². The van der Waals surface area contributed by atoms with E-state index in [-0.39, 0.29) is 23.7 Å². The Hall–Kier alpha value is -1.84.